The molecule has 1 unspecified atom stereocenters. The zero-order valence-electron chi connectivity index (χ0n) is 13.4. The number of carbonyl (C=O) groups excluding carboxylic acids is 2. The van der Waals surface area contributed by atoms with Gasteiger partial charge < -0.3 is 15.7 Å². The van der Waals surface area contributed by atoms with Crippen LogP contribution in [0.25, 0.3) is 0 Å². The van der Waals surface area contributed by atoms with Gasteiger partial charge in [0.25, 0.3) is 0 Å². The van der Waals surface area contributed by atoms with Crippen LogP contribution in [0.2, 0.25) is 0 Å². The lowest BCUT2D eigenvalue weighted by molar-refractivity contribution is -0.139. The molecule has 0 saturated heterocycles. The van der Waals surface area contributed by atoms with Crippen molar-refractivity contribution < 1.29 is 14.7 Å². The number of rotatable bonds is 6. The molecule has 2 aromatic carbocycles. The van der Waals surface area contributed by atoms with Gasteiger partial charge in [0.05, 0.1) is 6.10 Å². The summed E-state index contributed by atoms with van der Waals surface area (Å²) in [4.78, 5) is 24.6. The molecule has 0 spiro atoms. The van der Waals surface area contributed by atoms with Crippen LogP contribution in [0.5, 0.6) is 0 Å². The molecule has 0 aromatic heterocycles. The maximum absolute atomic E-state index is 11.8. The molecule has 0 aliphatic rings. The Kier molecular flexibility index (Phi) is 6.84. The smallest absolute Gasteiger partial charge is 0.309 e. The molecule has 0 radical (unpaired) electrons. The van der Waals surface area contributed by atoms with E-state index in [0.29, 0.717) is 5.56 Å². The summed E-state index contributed by atoms with van der Waals surface area (Å²) in [5, 5.41) is 15.1. The van der Waals surface area contributed by atoms with Crippen LogP contribution in [0.4, 0.5) is 0 Å². The second-order valence-electron chi connectivity index (χ2n) is 5.17. The van der Waals surface area contributed by atoms with Gasteiger partial charge in [0.15, 0.2) is 0 Å². The highest BCUT2D eigenvalue weighted by atomic mass is 32.2. The Bertz CT molecular complexity index is 674. The van der Waals surface area contributed by atoms with Crippen LogP contribution in [0, 0.1) is 0 Å². The third kappa shape index (κ3) is 5.40. The van der Waals surface area contributed by atoms with Gasteiger partial charge >= 0.3 is 11.8 Å². The largest absolute Gasteiger partial charge is 0.387 e. The van der Waals surface area contributed by atoms with Crippen LogP contribution in [0.1, 0.15) is 17.2 Å². The van der Waals surface area contributed by atoms with Gasteiger partial charge in [-0.05, 0) is 29.5 Å². The summed E-state index contributed by atoms with van der Waals surface area (Å²) in [5.74, 6) is -1.48. The fraction of sp³-hybridized carbons (Fsp3) is 0.222. The van der Waals surface area contributed by atoms with Crippen LogP contribution >= 0.6 is 11.8 Å². The van der Waals surface area contributed by atoms with E-state index in [-0.39, 0.29) is 13.1 Å². The lowest BCUT2D eigenvalue weighted by Gasteiger charge is -2.12. The number of amides is 2. The van der Waals surface area contributed by atoms with Crippen molar-refractivity contribution in [3.05, 3.63) is 65.7 Å². The normalized spacial score (nSPS) is 11.6. The average molecular weight is 344 g/mol. The lowest BCUT2D eigenvalue weighted by Crippen LogP contribution is -2.41. The summed E-state index contributed by atoms with van der Waals surface area (Å²) in [6, 6.07) is 16.7. The molecule has 1 atom stereocenters. The fourth-order valence-corrected chi connectivity index (χ4v) is 2.48. The molecular formula is C18H20N2O3S. The Morgan fingerprint density at radius 1 is 1.00 bits per heavy atom. The molecular weight excluding hydrogens is 324 g/mol. The topological polar surface area (TPSA) is 78.4 Å². The molecule has 0 heterocycles. The van der Waals surface area contributed by atoms with Gasteiger partial charge in [0.2, 0.25) is 0 Å². The van der Waals surface area contributed by atoms with E-state index in [0.717, 1.165) is 10.5 Å². The first-order chi connectivity index (χ1) is 11.6. The maximum atomic E-state index is 11.8. The van der Waals surface area contributed by atoms with E-state index in [2.05, 4.69) is 10.6 Å². The minimum absolute atomic E-state index is 0.0177. The van der Waals surface area contributed by atoms with Crippen LogP contribution in [-0.2, 0) is 16.1 Å². The highest BCUT2D eigenvalue weighted by molar-refractivity contribution is 7.98. The standard InChI is InChI=1S/C18H20N2O3S/c1-24-15-9-7-14(8-10-15)16(21)12-20-18(23)17(22)19-11-13-5-3-2-4-6-13/h2-10,16,21H,11-12H2,1H3,(H,19,22)(H,20,23). The van der Waals surface area contributed by atoms with Gasteiger partial charge in [0.1, 0.15) is 0 Å². The number of nitrogens with one attached hydrogen (secondary N) is 2. The predicted octanol–water partition coefficient (Wildman–Crippen LogP) is 1.87. The summed E-state index contributed by atoms with van der Waals surface area (Å²) in [5.41, 5.74) is 1.60. The highest BCUT2D eigenvalue weighted by Crippen LogP contribution is 2.18. The van der Waals surface area contributed by atoms with Crippen molar-refractivity contribution in [1.29, 1.82) is 0 Å². The fourth-order valence-electron chi connectivity index (χ4n) is 2.07. The van der Waals surface area contributed by atoms with E-state index in [9.17, 15) is 14.7 Å². The monoisotopic (exact) mass is 344 g/mol. The molecule has 0 bridgehead atoms. The van der Waals surface area contributed by atoms with Crippen LogP contribution < -0.4 is 10.6 Å². The van der Waals surface area contributed by atoms with Crippen LogP contribution in [0.15, 0.2) is 59.5 Å². The summed E-state index contributed by atoms with van der Waals surface area (Å²) in [7, 11) is 0. The quantitative estimate of drug-likeness (QED) is 0.552. The molecule has 2 rings (SSSR count). The molecule has 3 N–H and O–H groups in total. The van der Waals surface area contributed by atoms with Gasteiger partial charge in [-0.1, -0.05) is 42.5 Å². The van der Waals surface area contributed by atoms with Gasteiger partial charge in [-0.3, -0.25) is 9.59 Å². The molecule has 2 aromatic rings. The zero-order chi connectivity index (χ0) is 17.4. The Labute approximate surface area is 145 Å². The Morgan fingerprint density at radius 3 is 2.25 bits per heavy atom. The second-order valence-corrected chi connectivity index (χ2v) is 6.05. The molecule has 6 heteroatoms. The minimum atomic E-state index is -0.855. The Balaban J connectivity index is 1.77. The molecule has 0 aliphatic heterocycles. The van der Waals surface area contributed by atoms with Crippen molar-refractivity contribution in [2.75, 3.05) is 12.8 Å². The first-order valence-electron chi connectivity index (χ1n) is 7.52. The van der Waals surface area contributed by atoms with Crippen LogP contribution in [0.3, 0.4) is 0 Å². The average Bonchev–Trinajstić information content (AvgIpc) is 2.64. The summed E-state index contributed by atoms with van der Waals surface area (Å²) in [6.07, 6.45) is 1.12. The van der Waals surface area contributed by atoms with E-state index >= 15 is 0 Å². The predicted molar refractivity (Wildman–Crippen MR) is 94.5 cm³/mol. The zero-order valence-corrected chi connectivity index (χ0v) is 14.2. The summed E-state index contributed by atoms with van der Waals surface area (Å²) in [6.45, 7) is 0.266. The number of aliphatic hydroxyl groups is 1. The summed E-state index contributed by atoms with van der Waals surface area (Å²) < 4.78 is 0. The second kappa shape index (κ2) is 9.10. The third-order valence-corrected chi connectivity index (χ3v) is 4.20. The van der Waals surface area contributed by atoms with E-state index in [1.54, 1.807) is 23.9 Å². The van der Waals surface area contributed by atoms with Crippen molar-refractivity contribution in [3.8, 4) is 0 Å². The highest BCUT2D eigenvalue weighted by Gasteiger charge is 2.15. The Morgan fingerprint density at radius 2 is 1.62 bits per heavy atom. The van der Waals surface area contributed by atoms with Gasteiger partial charge in [-0.25, -0.2) is 0 Å². The maximum Gasteiger partial charge on any atom is 0.309 e. The van der Waals surface area contributed by atoms with Gasteiger partial charge in [0, 0.05) is 18.0 Å². The molecule has 24 heavy (non-hydrogen) atoms. The van der Waals surface area contributed by atoms with E-state index in [1.165, 1.54) is 0 Å². The van der Waals surface area contributed by atoms with Crippen molar-refractivity contribution in [2.24, 2.45) is 0 Å². The molecule has 2 amide bonds. The summed E-state index contributed by atoms with van der Waals surface area (Å²) >= 11 is 1.61. The number of benzene rings is 2. The third-order valence-electron chi connectivity index (χ3n) is 3.46. The molecule has 0 aliphatic carbocycles. The number of hydrogen-bond donors (Lipinski definition) is 3. The van der Waals surface area contributed by atoms with E-state index < -0.39 is 17.9 Å². The molecule has 5 nitrogen and oxygen atoms in total. The molecule has 0 fully saturated rings. The van der Waals surface area contributed by atoms with Crippen molar-refractivity contribution in [3.63, 3.8) is 0 Å². The van der Waals surface area contributed by atoms with Gasteiger partial charge in [-0.2, -0.15) is 0 Å². The number of hydrogen-bond acceptors (Lipinski definition) is 4. The van der Waals surface area contributed by atoms with E-state index in [1.807, 2.05) is 48.7 Å². The number of aliphatic hydroxyl groups excluding tert-OH is 1. The minimum Gasteiger partial charge on any atom is -0.387 e. The van der Waals surface area contributed by atoms with Crippen LogP contribution in [-0.4, -0.2) is 29.7 Å². The lowest BCUT2D eigenvalue weighted by atomic mass is 10.1. The SMILES string of the molecule is CSc1ccc(C(O)CNC(=O)C(=O)NCc2ccccc2)cc1. The first kappa shape index (κ1) is 18.0. The molecule has 126 valence electrons. The van der Waals surface area contributed by atoms with E-state index in [4.69, 9.17) is 0 Å². The Hall–Kier alpha value is -2.31. The molecule has 0 saturated carbocycles. The number of thioether (sulfide) groups is 1. The van der Waals surface area contributed by atoms with Crippen molar-refractivity contribution >= 4 is 23.6 Å². The van der Waals surface area contributed by atoms with Crippen molar-refractivity contribution in [2.45, 2.75) is 17.5 Å². The van der Waals surface area contributed by atoms with Crippen molar-refractivity contribution in [1.82, 2.24) is 10.6 Å². The first-order valence-corrected chi connectivity index (χ1v) is 8.74. The van der Waals surface area contributed by atoms with Gasteiger partial charge in [-0.15, -0.1) is 11.8 Å². The number of carbonyl (C=O) groups is 2.